The summed E-state index contributed by atoms with van der Waals surface area (Å²) in [6.07, 6.45) is 0. The van der Waals surface area contributed by atoms with Crippen molar-refractivity contribution in [1.82, 2.24) is 10.2 Å². The molecule has 2 saturated heterocycles. The molecular weight excluding hydrogens is 484 g/mol. The number of nitrogens with zero attached hydrogens (tertiary/aromatic N) is 1. The van der Waals surface area contributed by atoms with E-state index in [1.165, 1.54) is 4.90 Å². The van der Waals surface area contributed by atoms with Gasteiger partial charge in [0.15, 0.2) is 5.54 Å². The third-order valence-corrected chi connectivity index (χ3v) is 7.16. The van der Waals surface area contributed by atoms with Gasteiger partial charge in [-0.2, -0.15) is 0 Å². The number of likely N-dealkylation sites (tertiary alicyclic amines) is 1. The van der Waals surface area contributed by atoms with E-state index in [2.05, 4.69) is 21.2 Å². The highest BCUT2D eigenvalue weighted by Gasteiger charge is 2.69. The number of nitrogens with one attached hydrogen (secondary N) is 1. The van der Waals surface area contributed by atoms with Gasteiger partial charge in [0.25, 0.3) is 0 Å². The summed E-state index contributed by atoms with van der Waals surface area (Å²) in [6.45, 7) is 0.114. The smallest absolute Gasteiger partial charge is 0.329 e. The van der Waals surface area contributed by atoms with Gasteiger partial charge in [-0.3, -0.25) is 19.8 Å². The van der Waals surface area contributed by atoms with Crippen molar-refractivity contribution in [3.63, 3.8) is 0 Å². The molecule has 2 heterocycles. The number of hydrogen-bond acceptors (Lipinski definition) is 4. The van der Waals surface area contributed by atoms with Gasteiger partial charge in [0.2, 0.25) is 11.8 Å². The Kier molecular flexibility index (Phi) is 5.38. The number of carboxylic acids is 1. The maximum atomic E-state index is 13.7. The number of halogens is 1. The third-order valence-electron chi connectivity index (χ3n) is 6.63. The third kappa shape index (κ3) is 3.39. The van der Waals surface area contributed by atoms with Crippen molar-refractivity contribution in [2.75, 3.05) is 0 Å². The standard InChI is InChI=1S/C26H21BrN2O4/c27-19-13-11-17(12-14-19)22-20-21(26(28-22,25(32)33)18-9-5-2-6-10-18)24(31)29(23(20)30)15-16-7-3-1-4-8-16/h1-14,20-22,28H,15H2,(H,32,33). The van der Waals surface area contributed by atoms with Crippen LogP contribution in [0.1, 0.15) is 22.7 Å². The summed E-state index contributed by atoms with van der Waals surface area (Å²) < 4.78 is 0.868. The number of rotatable bonds is 5. The normalized spacial score (nSPS) is 26.5. The Hall–Kier alpha value is -3.29. The molecule has 2 aliphatic heterocycles. The molecule has 0 aromatic heterocycles. The number of aliphatic carboxylic acids is 1. The second-order valence-corrected chi connectivity index (χ2v) is 9.32. The number of fused-ring (bicyclic) bond motifs is 1. The lowest BCUT2D eigenvalue weighted by Gasteiger charge is -2.31. The van der Waals surface area contributed by atoms with Gasteiger partial charge in [-0.1, -0.05) is 88.7 Å². The molecule has 0 aliphatic carbocycles. The second-order valence-electron chi connectivity index (χ2n) is 8.40. The molecule has 4 atom stereocenters. The van der Waals surface area contributed by atoms with E-state index in [1.807, 2.05) is 54.6 Å². The molecule has 3 aromatic carbocycles. The van der Waals surface area contributed by atoms with E-state index < -0.39 is 35.3 Å². The van der Waals surface area contributed by atoms with Crippen molar-refractivity contribution in [3.8, 4) is 0 Å². The number of amides is 2. The first-order valence-electron chi connectivity index (χ1n) is 10.6. The Morgan fingerprint density at radius 1 is 0.909 bits per heavy atom. The lowest BCUT2D eigenvalue weighted by Crippen LogP contribution is -2.53. The molecule has 4 unspecified atom stereocenters. The van der Waals surface area contributed by atoms with Crippen LogP contribution in [-0.2, 0) is 26.5 Å². The van der Waals surface area contributed by atoms with Crippen LogP contribution in [0, 0.1) is 11.8 Å². The molecule has 0 spiro atoms. The zero-order chi connectivity index (χ0) is 23.2. The summed E-state index contributed by atoms with van der Waals surface area (Å²) >= 11 is 3.42. The van der Waals surface area contributed by atoms with Crippen LogP contribution in [-0.4, -0.2) is 27.8 Å². The summed E-state index contributed by atoms with van der Waals surface area (Å²) in [5.74, 6) is -3.90. The second kappa shape index (κ2) is 8.24. The first kappa shape index (κ1) is 21.6. The average molecular weight is 505 g/mol. The molecule has 5 rings (SSSR count). The molecule has 0 saturated carbocycles. The summed E-state index contributed by atoms with van der Waals surface area (Å²) in [6, 6.07) is 24.7. The molecule has 2 N–H and O–H groups in total. The van der Waals surface area contributed by atoms with Gasteiger partial charge in [-0.05, 0) is 28.8 Å². The fourth-order valence-corrected chi connectivity index (χ4v) is 5.40. The van der Waals surface area contributed by atoms with Crippen LogP contribution in [0.15, 0.2) is 89.4 Å². The van der Waals surface area contributed by atoms with Gasteiger partial charge in [-0.15, -0.1) is 0 Å². The van der Waals surface area contributed by atoms with Gasteiger partial charge < -0.3 is 5.11 Å². The summed E-state index contributed by atoms with van der Waals surface area (Å²) in [4.78, 5) is 41.5. The van der Waals surface area contributed by atoms with Gasteiger partial charge >= 0.3 is 5.97 Å². The molecule has 2 amide bonds. The Bertz CT molecular complexity index is 1220. The summed E-state index contributed by atoms with van der Waals surface area (Å²) in [5, 5.41) is 13.7. The molecule has 33 heavy (non-hydrogen) atoms. The molecule has 6 nitrogen and oxygen atoms in total. The lowest BCUT2D eigenvalue weighted by atomic mass is 9.75. The number of benzene rings is 3. The minimum absolute atomic E-state index is 0.114. The van der Waals surface area contributed by atoms with Crippen molar-refractivity contribution >= 4 is 33.7 Å². The van der Waals surface area contributed by atoms with E-state index in [1.54, 1.807) is 30.3 Å². The number of carbonyl (C=O) groups excluding carboxylic acids is 2. The van der Waals surface area contributed by atoms with Crippen LogP contribution >= 0.6 is 15.9 Å². The van der Waals surface area contributed by atoms with Crippen LogP contribution in [0.25, 0.3) is 0 Å². The number of carboxylic acid groups (broad SMARTS) is 1. The maximum absolute atomic E-state index is 13.7. The van der Waals surface area contributed by atoms with Crippen molar-refractivity contribution in [1.29, 1.82) is 0 Å². The van der Waals surface area contributed by atoms with E-state index in [-0.39, 0.29) is 12.5 Å². The molecule has 166 valence electrons. The van der Waals surface area contributed by atoms with Crippen molar-refractivity contribution in [2.45, 2.75) is 18.1 Å². The largest absolute Gasteiger partial charge is 0.480 e. The van der Waals surface area contributed by atoms with Crippen molar-refractivity contribution in [2.24, 2.45) is 11.8 Å². The summed E-state index contributed by atoms with van der Waals surface area (Å²) in [5.41, 5.74) is 0.305. The van der Waals surface area contributed by atoms with Gasteiger partial charge in [0.1, 0.15) is 0 Å². The van der Waals surface area contributed by atoms with E-state index in [9.17, 15) is 19.5 Å². The monoisotopic (exact) mass is 504 g/mol. The maximum Gasteiger partial charge on any atom is 0.329 e. The first-order valence-corrected chi connectivity index (χ1v) is 11.4. The van der Waals surface area contributed by atoms with Gasteiger partial charge in [0.05, 0.1) is 18.4 Å². The quantitative estimate of drug-likeness (QED) is 0.515. The minimum atomic E-state index is -1.72. The fraction of sp³-hybridized carbons (Fsp3) is 0.192. The van der Waals surface area contributed by atoms with Crippen LogP contribution < -0.4 is 5.32 Å². The van der Waals surface area contributed by atoms with Crippen molar-refractivity contribution < 1.29 is 19.5 Å². The first-order chi connectivity index (χ1) is 15.9. The Balaban J connectivity index is 1.65. The van der Waals surface area contributed by atoms with E-state index in [0.29, 0.717) is 5.56 Å². The highest BCUT2D eigenvalue weighted by atomic mass is 79.9. The topological polar surface area (TPSA) is 86.7 Å². The molecule has 2 fully saturated rings. The Labute approximate surface area is 199 Å². The fourth-order valence-electron chi connectivity index (χ4n) is 5.13. The van der Waals surface area contributed by atoms with Crippen molar-refractivity contribution in [3.05, 3.63) is 106 Å². The minimum Gasteiger partial charge on any atom is -0.480 e. The summed E-state index contributed by atoms with van der Waals surface area (Å²) in [7, 11) is 0. The van der Waals surface area contributed by atoms with Crippen LogP contribution in [0.4, 0.5) is 0 Å². The molecule has 7 heteroatoms. The lowest BCUT2D eigenvalue weighted by molar-refractivity contribution is -0.152. The zero-order valence-corrected chi connectivity index (χ0v) is 19.1. The van der Waals surface area contributed by atoms with Gasteiger partial charge in [-0.25, -0.2) is 4.79 Å². The van der Waals surface area contributed by atoms with Crippen LogP contribution in [0.2, 0.25) is 0 Å². The Morgan fingerprint density at radius 3 is 2.12 bits per heavy atom. The molecule has 0 radical (unpaired) electrons. The SMILES string of the molecule is O=C1C2C(c3ccc(Br)cc3)NC(C(=O)O)(c3ccccc3)C2C(=O)N1Cc1ccccc1. The number of carbonyl (C=O) groups is 3. The highest BCUT2D eigenvalue weighted by molar-refractivity contribution is 9.10. The molecular formula is C26H21BrN2O4. The molecule has 0 bridgehead atoms. The van der Waals surface area contributed by atoms with Crippen LogP contribution in [0.5, 0.6) is 0 Å². The number of hydrogen-bond donors (Lipinski definition) is 2. The predicted octanol–water partition coefficient (Wildman–Crippen LogP) is 3.87. The average Bonchev–Trinajstić information content (AvgIpc) is 3.31. The van der Waals surface area contributed by atoms with Crippen LogP contribution in [0.3, 0.4) is 0 Å². The molecule has 2 aliphatic rings. The van der Waals surface area contributed by atoms with Gasteiger partial charge in [0, 0.05) is 10.5 Å². The van der Waals surface area contributed by atoms with E-state index >= 15 is 0 Å². The molecule has 3 aromatic rings. The zero-order valence-electron chi connectivity index (χ0n) is 17.5. The number of imide groups is 1. The van der Waals surface area contributed by atoms with E-state index in [0.717, 1.165) is 15.6 Å². The Morgan fingerprint density at radius 2 is 1.52 bits per heavy atom. The predicted molar refractivity (Wildman–Crippen MR) is 125 cm³/mol. The highest BCUT2D eigenvalue weighted by Crippen LogP contribution is 2.53. The van der Waals surface area contributed by atoms with E-state index in [4.69, 9.17) is 0 Å².